The molecule has 0 atom stereocenters. The van der Waals surface area contributed by atoms with Gasteiger partial charge in [0.05, 0.1) is 11.9 Å². The molecule has 0 radical (unpaired) electrons. The van der Waals surface area contributed by atoms with Gasteiger partial charge in [-0.25, -0.2) is 18.6 Å². The minimum atomic E-state index is -1.03. The summed E-state index contributed by atoms with van der Waals surface area (Å²) in [4.78, 5) is 29.1. The van der Waals surface area contributed by atoms with Crippen molar-refractivity contribution in [2.75, 3.05) is 11.9 Å². The van der Waals surface area contributed by atoms with Crippen LogP contribution in [-0.4, -0.2) is 28.5 Å². The highest BCUT2D eigenvalue weighted by Crippen LogP contribution is 2.36. The fourth-order valence-corrected chi connectivity index (χ4v) is 2.75. The van der Waals surface area contributed by atoms with Crippen LogP contribution in [-0.2, 0) is 4.79 Å². The highest BCUT2D eigenvalue weighted by atomic mass is 79.9. The average molecular weight is 440 g/mol. The second kappa shape index (κ2) is 7.58. The zero-order chi connectivity index (χ0) is 19.6. The molecule has 0 aliphatic rings. The molecule has 5 N–H and O–H groups in total. The van der Waals surface area contributed by atoms with Gasteiger partial charge >= 0.3 is 6.03 Å². The van der Waals surface area contributed by atoms with E-state index in [4.69, 9.17) is 10.5 Å². The van der Waals surface area contributed by atoms with E-state index < -0.39 is 35.9 Å². The van der Waals surface area contributed by atoms with Crippen molar-refractivity contribution in [3.05, 3.63) is 46.7 Å². The number of aromatic amines is 1. The van der Waals surface area contributed by atoms with Gasteiger partial charge in [0.1, 0.15) is 11.4 Å². The molecule has 0 aliphatic heterocycles. The van der Waals surface area contributed by atoms with Crippen LogP contribution in [0.2, 0.25) is 0 Å². The molecule has 27 heavy (non-hydrogen) atoms. The van der Waals surface area contributed by atoms with Gasteiger partial charge in [0, 0.05) is 34.7 Å². The maximum atomic E-state index is 14.3. The Balaban J connectivity index is 1.84. The van der Waals surface area contributed by atoms with E-state index in [2.05, 4.69) is 36.5 Å². The van der Waals surface area contributed by atoms with Crippen molar-refractivity contribution >= 4 is 44.6 Å². The van der Waals surface area contributed by atoms with E-state index in [0.717, 1.165) is 12.1 Å². The zero-order valence-electron chi connectivity index (χ0n) is 13.5. The number of aromatic nitrogens is 2. The summed E-state index contributed by atoms with van der Waals surface area (Å²) in [6.45, 7) is -0.415. The topological polar surface area (TPSA) is 122 Å². The second-order valence-electron chi connectivity index (χ2n) is 5.31. The molecule has 1 aromatic carbocycles. The number of benzene rings is 1. The first kappa shape index (κ1) is 18.6. The number of carbonyl (C=O) groups excluding carboxylic acids is 2. The number of carbonyl (C=O) groups is 2. The predicted octanol–water partition coefficient (Wildman–Crippen LogP) is 3.00. The molecule has 0 unspecified atom stereocenters. The Bertz CT molecular complexity index is 1020. The predicted molar refractivity (Wildman–Crippen MR) is 96.4 cm³/mol. The van der Waals surface area contributed by atoms with Crippen LogP contribution in [0.1, 0.15) is 0 Å². The Labute approximate surface area is 159 Å². The minimum absolute atomic E-state index is 0.165. The summed E-state index contributed by atoms with van der Waals surface area (Å²) in [5.74, 6) is -3.27. The monoisotopic (exact) mass is 439 g/mol. The molecule has 0 aliphatic carbocycles. The number of urea groups is 1. The van der Waals surface area contributed by atoms with E-state index in [1.165, 1.54) is 12.3 Å². The van der Waals surface area contributed by atoms with Gasteiger partial charge in [0.25, 0.3) is 0 Å². The van der Waals surface area contributed by atoms with E-state index in [-0.39, 0.29) is 11.4 Å². The highest BCUT2D eigenvalue weighted by Gasteiger charge is 2.17. The average Bonchev–Trinajstić information content (AvgIpc) is 2.98. The Morgan fingerprint density at radius 2 is 2.00 bits per heavy atom. The van der Waals surface area contributed by atoms with E-state index >= 15 is 0 Å². The van der Waals surface area contributed by atoms with Crippen molar-refractivity contribution in [2.45, 2.75) is 0 Å². The van der Waals surface area contributed by atoms with Crippen molar-refractivity contribution < 1.29 is 23.1 Å². The number of anilines is 1. The molecule has 3 rings (SSSR count). The molecular weight excluding hydrogens is 428 g/mol. The summed E-state index contributed by atoms with van der Waals surface area (Å²) in [6, 6.07) is 2.39. The lowest BCUT2D eigenvalue weighted by Crippen LogP contribution is -2.36. The summed E-state index contributed by atoms with van der Waals surface area (Å²) < 4.78 is 34.7. The number of hydrogen-bond acceptors (Lipinski definition) is 4. The maximum absolute atomic E-state index is 14.3. The van der Waals surface area contributed by atoms with Crippen LogP contribution in [0, 0.1) is 11.6 Å². The molecule has 0 saturated carbocycles. The number of fused-ring (bicyclic) bond motifs is 1. The molecule has 3 aromatic rings. The summed E-state index contributed by atoms with van der Waals surface area (Å²) in [5.41, 5.74) is 5.20. The van der Waals surface area contributed by atoms with Gasteiger partial charge in [-0.1, -0.05) is 0 Å². The van der Waals surface area contributed by atoms with Crippen molar-refractivity contribution in [3.63, 3.8) is 0 Å². The van der Waals surface area contributed by atoms with Crippen LogP contribution in [0.3, 0.4) is 0 Å². The summed E-state index contributed by atoms with van der Waals surface area (Å²) in [6.07, 6.45) is 3.05. The summed E-state index contributed by atoms with van der Waals surface area (Å²) in [7, 11) is 0. The first-order valence-corrected chi connectivity index (χ1v) is 8.26. The van der Waals surface area contributed by atoms with Crippen LogP contribution in [0.15, 0.2) is 35.1 Å². The molecule has 0 bridgehead atoms. The zero-order valence-corrected chi connectivity index (χ0v) is 15.1. The van der Waals surface area contributed by atoms with Crippen molar-refractivity contribution in [2.24, 2.45) is 5.73 Å². The Morgan fingerprint density at radius 1 is 1.30 bits per heavy atom. The van der Waals surface area contributed by atoms with Crippen LogP contribution in [0.25, 0.3) is 11.0 Å². The Morgan fingerprint density at radius 3 is 2.67 bits per heavy atom. The third-order valence-corrected chi connectivity index (χ3v) is 4.00. The third kappa shape index (κ3) is 4.14. The van der Waals surface area contributed by atoms with E-state index in [1.54, 1.807) is 6.20 Å². The molecule has 140 valence electrons. The van der Waals surface area contributed by atoms with Crippen LogP contribution < -0.4 is 21.1 Å². The summed E-state index contributed by atoms with van der Waals surface area (Å²) >= 11 is 3.31. The Hall–Kier alpha value is -3.21. The van der Waals surface area contributed by atoms with Gasteiger partial charge in [0.2, 0.25) is 5.91 Å². The van der Waals surface area contributed by atoms with Crippen LogP contribution >= 0.6 is 15.9 Å². The molecule has 0 saturated heterocycles. The number of halogens is 3. The largest absolute Gasteiger partial charge is 0.450 e. The number of primary amides is 1. The molecule has 2 heterocycles. The van der Waals surface area contributed by atoms with Gasteiger partial charge in [-0.3, -0.25) is 4.79 Å². The van der Waals surface area contributed by atoms with Gasteiger partial charge in [-0.2, -0.15) is 0 Å². The van der Waals surface area contributed by atoms with Crippen molar-refractivity contribution in [1.82, 2.24) is 15.3 Å². The SMILES string of the molecule is NC(=O)CNC(=O)Nc1cc(F)c(Oc2ccnc3[nH]cc(Br)c23)c(F)c1. The first-order chi connectivity index (χ1) is 12.8. The van der Waals surface area contributed by atoms with Crippen LogP contribution in [0.4, 0.5) is 19.3 Å². The lowest BCUT2D eigenvalue weighted by Gasteiger charge is -2.12. The number of rotatable bonds is 5. The summed E-state index contributed by atoms with van der Waals surface area (Å²) in [5, 5.41) is 4.84. The second-order valence-corrected chi connectivity index (χ2v) is 6.17. The first-order valence-electron chi connectivity index (χ1n) is 7.47. The fraction of sp³-hybridized carbons (Fsp3) is 0.0625. The number of nitrogens with zero attached hydrogens (tertiary/aromatic N) is 1. The Kier molecular flexibility index (Phi) is 5.21. The lowest BCUT2D eigenvalue weighted by molar-refractivity contribution is -0.117. The molecule has 11 heteroatoms. The van der Waals surface area contributed by atoms with E-state index in [0.29, 0.717) is 15.5 Å². The van der Waals surface area contributed by atoms with Gasteiger partial charge in [0.15, 0.2) is 17.4 Å². The van der Waals surface area contributed by atoms with E-state index in [9.17, 15) is 18.4 Å². The fourth-order valence-electron chi connectivity index (χ4n) is 2.26. The standard InChI is InChI=1S/C16H12BrF2N5O3/c17-8-5-22-15-13(8)11(1-2-21-15)27-14-9(18)3-7(4-10(14)19)24-16(26)23-6-12(20)25/h1-5H,6H2,(H2,20,25)(H,21,22)(H2,23,24,26). The van der Waals surface area contributed by atoms with E-state index in [1.807, 2.05) is 0 Å². The van der Waals surface area contributed by atoms with Crippen LogP contribution in [0.5, 0.6) is 11.5 Å². The van der Waals surface area contributed by atoms with Gasteiger partial charge in [-0.15, -0.1) is 0 Å². The number of amides is 3. The molecule has 2 aromatic heterocycles. The molecule has 0 spiro atoms. The number of H-pyrrole nitrogens is 1. The quantitative estimate of drug-likeness (QED) is 0.487. The lowest BCUT2D eigenvalue weighted by atomic mass is 10.2. The van der Waals surface area contributed by atoms with Gasteiger partial charge in [-0.05, 0) is 22.0 Å². The number of hydrogen-bond donors (Lipinski definition) is 4. The number of nitrogens with two attached hydrogens (primary N) is 1. The molecule has 3 amide bonds. The molecular formula is C16H12BrF2N5O3. The maximum Gasteiger partial charge on any atom is 0.319 e. The number of pyridine rings is 1. The third-order valence-electron chi connectivity index (χ3n) is 3.38. The van der Waals surface area contributed by atoms with Crippen molar-refractivity contribution in [1.29, 1.82) is 0 Å². The smallest absolute Gasteiger partial charge is 0.319 e. The molecule has 8 nitrogen and oxygen atoms in total. The highest BCUT2D eigenvalue weighted by molar-refractivity contribution is 9.10. The van der Waals surface area contributed by atoms with Gasteiger partial charge < -0.3 is 26.1 Å². The normalized spacial score (nSPS) is 10.6. The number of nitrogens with one attached hydrogen (secondary N) is 3. The van der Waals surface area contributed by atoms with Crippen molar-refractivity contribution in [3.8, 4) is 11.5 Å². The minimum Gasteiger partial charge on any atom is -0.450 e. The molecule has 0 fully saturated rings. The number of ether oxygens (including phenoxy) is 1.